The lowest BCUT2D eigenvalue weighted by atomic mass is 9.90. The molecule has 1 saturated heterocycles. The van der Waals surface area contributed by atoms with Gasteiger partial charge in [0.2, 0.25) is 0 Å². The lowest BCUT2D eigenvalue weighted by Crippen LogP contribution is -2.43. The first-order valence-electron chi connectivity index (χ1n) is 6.00. The van der Waals surface area contributed by atoms with Crippen molar-refractivity contribution in [1.82, 2.24) is 5.43 Å². The fourth-order valence-corrected chi connectivity index (χ4v) is 2.03. The number of hydrogen-bond acceptors (Lipinski definition) is 4. The van der Waals surface area contributed by atoms with Gasteiger partial charge in [-0.2, -0.15) is 0 Å². The van der Waals surface area contributed by atoms with E-state index in [1.807, 2.05) is 0 Å². The van der Waals surface area contributed by atoms with Gasteiger partial charge in [-0.15, -0.1) is 0 Å². The standard InChI is InChI=1S/C11H24N2O2/c1-2-6-14-9-5-11(13-12)10-3-7-15-8-4-10/h10-11,13H,2-9,12H2,1H3. The normalized spacial score (nSPS) is 20.4. The van der Waals surface area contributed by atoms with Crippen LogP contribution in [-0.2, 0) is 9.47 Å². The Balaban J connectivity index is 2.15. The summed E-state index contributed by atoms with van der Waals surface area (Å²) in [6, 6.07) is 0.380. The van der Waals surface area contributed by atoms with E-state index in [0.717, 1.165) is 52.1 Å². The minimum Gasteiger partial charge on any atom is -0.381 e. The minimum atomic E-state index is 0.380. The summed E-state index contributed by atoms with van der Waals surface area (Å²) < 4.78 is 10.8. The Labute approximate surface area is 92.5 Å². The average Bonchev–Trinajstić information content (AvgIpc) is 2.30. The van der Waals surface area contributed by atoms with Crippen molar-refractivity contribution in [2.24, 2.45) is 11.8 Å². The fraction of sp³-hybridized carbons (Fsp3) is 1.00. The number of hydrazine groups is 1. The predicted molar refractivity (Wildman–Crippen MR) is 60.4 cm³/mol. The third-order valence-electron chi connectivity index (χ3n) is 2.97. The molecule has 1 unspecified atom stereocenters. The van der Waals surface area contributed by atoms with Crippen molar-refractivity contribution in [1.29, 1.82) is 0 Å². The minimum absolute atomic E-state index is 0.380. The van der Waals surface area contributed by atoms with Gasteiger partial charge in [0.05, 0.1) is 0 Å². The first-order valence-corrected chi connectivity index (χ1v) is 6.00. The molecule has 1 heterocycles. The van der Waals surface area contributed by atoms with Gasteiger partial charge in [-0.3, -0.25) is 11.3 Å². The van der Waals surface area contributed by atoms with Gasteiger partial charge in [0.15, 0.2) is 0 Å². The average molecular weight is 216 g/mol. The van der Waals surface area contributed by atoms with Gasteiger partial charge in [0, 0.05) is 32.5 Å². The highest BCUT2D eigenvalue weighted by Gasteiger charge is 2.22. The quantitative estimate of drug-likeness (QED) is 0.379. The lowest BCUT2D eigenvalue weighted by Gasteiger charge is -2.29. The maximum absolute atomic E-state index is 5.57. The topological polar surface area (TPSA) is 56.5 Å². The van der Waals surface area contributed by atoms with E-state index in [1.54, 1.807) is 0 Å². The summed E-state index contributed by atoms with van der Waals surface area (Å²) in [6.45, 7) is 5.53. The number of rotatable bonds is 7. The summed E-state index contributed by atoms with van der Waals surface area (Å²) in [5.41, 5.74) is 2.91. The highest BCUT2D eigenvalue weighted by Crippen LogP contribution is 2.20. The molecule has 0 spiro atoms. The number of nitrogens with one attached hydrogen (secondary N) is 1. The summed E-state index contributed by atoms with van der Waals surface area (Å²) in [7, 11) is 0. The number of nitrogens with two attached hydrogens (primary N) is 1. The summed E-state index contributed by atoms with van der Waals surface area (Å²) in [6.07, 6.45) is 4.31. The van der Waals surface area contributed by atoms with Crippen LogP contribution >= 0.6 is 0 Å². The van der Waals surface area contributed by atoms with Crippen LogP contribution in [0.15, 0.2) is 0 Å². The molecule has 1 atom stereocenters. The van der Waals surface area contributed by atoms with Crippen molar-refractivity contribution in [3.8, 4) is 0 Å². The molecule has 0 aromatic heterocycles. The highest BCUT2D eigenvalue weighted by atomic mass is 16.5. The van der Waals surface area contributed by atoms with Crippen LogP contribution in [0.1, 0.15) is 32.6 Å². The van der Waals surface area contributed by atoms with E-state index < -0.39 is 0 Å². The van der Waals surface area contributed by atoms with Gasteiger partial charge in [-0.25, -0.2) is 0 Å². The number of hydrogen-bond donors (Lipinski definition) is 2. The van der Waals surface area contributed by atoms with E-state index in [9.17, 15) is 0 Å². The van der Waals surface area contributed by atoms with Crippen LogP contribution in [-0.4, -0.2) is 32.5 Å². The third-order valence-corrected chi connectivity index (χ3v) is 2.97. The molecule has 1 rings (SSSR count). The second kappa shape index (κ2) is 8.05. The van der Waals surface area contributed by atoms with Crippen molar-refractivity contribution < 1.29 is 9.47 Å². The second-order valence-corrected chi connectivity index (χ2v) is 4.12. The molecule has 3 N–H and O–H groups in total. The van der Waals surface area contributed by atoms with Gasteiger partial charge >= 0.3 is 0 Å². The third kappa shape index (κ3) is 4.93. The Bertz CT molecular complexity index is 150. The highest BCUT2D eigenvalue weighted by molar-refractivity contribution is 4.76. The molecule has 4 nitrogen and oxygen atoms in total. The largest absolute Gasteiger partial charge is 0.381 e. The molecule has 90 valence electrons. The smallest absolute Gasteiger partial charge is 0.0481 e. The molecule has 1 fully saturated rings. The second-order valence-electron chi connectivity index (χ2n) is 4.12. The maximum atomic E-state index is 5.57. The van der Waals surface area contributed by atoms with Crippen LogP contribution in [0, 0.1) is 5.92 Å². The van der Waals surface area contributed by atoms with Crippen molar-refractivity contribution in [3.05, 3.63) is 0 Å². The van der Waals surface area contributed by atoms with Gasteiger partial charge in [-0.05, 0) is 31.6 Å². The Morgan fingerprint density at radius 2 is 2.13 bits per heavy atom. The van der Waals surface area contributed by atoms with Crippen molar-refractivity contribution >= 4 is 0 Å². The van der Waals surface area contributed by atoms with Crippen molar-refractivity contribution in [3.63, 3.8) is 0 Å². The monoisotopic (exact) mass is 216 g/mol. The molecule has 4 heteroatoms. The molecule has 0 aromatic carbocycles. The summed E-state index contributed by atoms with van der Waals surface area (Å²) >= 11 is 0. The molecule has 15 heavy (non-hydrogen) atoms. The van der Waals surface area contributed by atoms with Crippen LogP contribution in [0.3, 0.4) is 0 Å². The zero-order chi connectivity index (χ0) is 10.9. The van der Waals surface area contributed by atoms with Crippen LogP contribution < -0.4 is 11.3 Å². The van der Waals surface area contributed by atoms with Gasteiger partial charge in [-0.1, -0.05) is 6.92 Å². The molecule has 1 aliphatic rings. The molecular formula is C11H24N2O2. The molecular weight excluding hydrogens is 192 g/mol. The van der Waals surface area contributed by atoms with Crippen molar-refractivity contribution in [2.75, 3.05) is 26.4 Å². The molecule has 0 radical (unpaired) electrons. The molecule has 0 aliphatic carbocycles. The van der Waals surface area contributed by atoms with Crippen LogP contribution in [0.5, 0.6) is 0 Å². The molecule has 1 aliphatic heterocycles. The first kappa shape index (κ1) is 12.9. The zero-order valence-corrected chi connectivity index (χ0v) is 9.71. The van der Waals surface area contributed by atoms with Gasteiger partial charge in [0.25, 0.3) is 0 Å². The van der Waals surface area contributed by atoms with Gasteiger partial charge < -0.3 is 9.47 Å². The summed E-state index contributed by atoms with van der Waals surface area (Å²) in [4.78, 5) is 0. The van der Waals surface area contributed by atoms with E-state index >= 15 is 0 Å². The Kier molecular flexibility index (Phi) is 6.92. The lowest BCUT2D eigenvalue weighted by molar-refractivity contribution is 0.0449. The maximum Gasteiger partial charge on any atom is 0.0481 e. The van der Waals surface area contributed by atoms with E-state index in [0.29, 0.717) is 12.0 Å². The predicted octanol–water partition coefficient (Wildman–Crippen LogP) is 1.06. The molecule has 0 bridgehead atoms. The first-order chi connectivity index (χ1) is 7.38. The molecule has 0 saturated carbocycles. The SMILES string of the molecule is CCCOCCC(NN)C1CCOCC1. The Morgan fingerprint density at radius 3 is 2.73 bits per heavy atom. The fourth-order valence-electron chi connectivity index (χ4n) is 2.03. The summed E-state index contributed by atoms with van der Waals surface area (Å²) in [5.74, 6) is 6.22. The van der Waals surface area contributed by atoms with Crippen molar-refractivity contribution in [2.45, 2.75) is 38.6 Å². The van der Waals surface area contributed by atoms with E-state index in [-0.39, 0.29) is 0 Å². The van der Waals surface area contributed by atoms with E-state index in [4.69, 9.17) is 15.3 Å². The Morgan fingerprint density at radius 1 is 1.40 bits per heavy atom. The summed E-state index contributed by atoms with van der Waals surface area (Å²) in [5, 5.41) is 0. The van der Waals surface area contributed by atoms with Crippen LogP contribution in [0.25, 0.3) is 0 Å². The molecule has 0 amide bonds. The Hall–Kier alpha value is -0.160. The zero-order valence-electron chi connectivity index (χ0n) is 9.71. The van der Waals surface area contributed by atoms with Gasteiger partial charge in [0.1, 0.15) is 0 Å². The van der Waals surface area contributed by atoms with Crippen LogP contribution in [0.4, 0.5) is 0 Å². The van der Waals surface area contributed by atoms with Crippen LogP contribution in [0.2, 0.25) is 0 Å². The number of ether oxygens (including phenoxy) is 2. The van der Waals surface area contributed by atoms with E-state index in [1.165, 1.54) is 0 Å². The molecule has 0 aromatic rings. The van der Waals surface area contributed by atoms with E-state index in [2.05, 4.69) is 12.3 Å².